The van der Waals surface area contributed by atoms with Crippen molar-refractivity contribution in [3.05, 3.63) is 83.1 Å². The number of hydrogen-bond donors (Lipinski definition) is 2. The van der Waals surface area contributed by atoms with Crippen molar-refractivity contribution in [2.45, 2.75) is 0 Å². The third-order valence-corrected chi connectivity index (χ3v) is 3.90. The third-order valence-electron chi connectivity index (χ3n) is 3.26. The zero-order valence-electron chi connectivity index (χ0n) is 13.5. The Morgan fingerprint density at radius 1 is 1.00 bits per heavy atom. The summed E-state index contributed by atoms with van der Waals surface area (Å²) in [6.07, 6.45) is 3.07. The maximum absolute atomic E-state index is 12.2. The van der Waals surface area contributed by atoms with Gasteiger partial charge in [0, 0.05) is 28.6 Å². The molecular formula is C19H14BrN3O2S. The van der Waals surface area contributed by atoms with Crippen molar-refractivity contribution in [2.75, 3.05) is 5.32 Å². The van der Waals surface area contributed by atoms with Gasteiger partial charge in [-0.25, -0.2) is 0 Å². The first-order valence-corrected chi connectivity index (χ1v) is 8.86. The number of ether oxygens (including phenoxy) is 1. The number of anilines is 1. The van der Waals surface area contributed by atoms with Gasteiger partial charge < -0.3 is 10.1 Å². The number of thiocarbonyl (C=S) groups is 1. The molecule has 0 saturated heterocycles. The Kier molecular flexibility index (Phi) is 5.93. The second-order valence-electron chi connectivity index (χ2n) is 5.24. The topological polar surface area (TPSA) is 63.2 Å². The number of nitrogens with one attached hydrogen (secondary N) is 2. The molecule has 0 aliphatic heterocycles. The molecule has 1 heterocycles. The summed E-state index contributed by atoms with van der Waals surface area (Å²) in [4.78, 5) is 16.1. The molecule has 0 radical (unpaired) electrons. The lowest BCUT2D eigenvalue weighted by Gasteiger charge is -2.11. The predicted molar refractivity (Wildman–Crippen MR) is 109 cm³/mol. The molecule has 3 aromatic rings. The molecule has 0 spiro atoms. The first-order chi connectivity index (χ1) is 12.6. The van der Waals surface area contributed by atoms with Crippen LogP contribution in [0.2, 0.25) is 0 Å². The highest BCUT2D eigenvalue weighted by Crippen LogP contribution is 2.23. The predicted octanol–water partition coefficient (Wildman–Crippen LogP) is 4.76. The first kappa shape index (κ1) is 18.0. The maximum Gasteiger partial charge on any atom is 0.259 e. The molecule has 26 heavy (non-hydrogen) atoms. The number of hydrogen-bond acceptors (Lipinski definition) is 4. The van der Waals surface area contributed by atoms with Crippen molar-refractivity contribution in [3.63, 3.8) is 0 Å². The molecule has 0 unspecified atom stereocenters. The van der Waals surface area contributed by atoms with E-state index in [1.54, 1.807) is 18.3 Å². The van der Waals surface area contributed by atoms with Gasteiger partial charge in [0.25, 0.3) is 5.91 Å². The number of aromatic nitrogens is 1. The van der Waals surface area contributed by atoms with Crippen molar-refractivity contribution in [3.8, 4) is 11.5 Å². The van der Waals surface area contributed by atoms with Crippen molar-refractivity contribution in [1.82, 2.24) is 10.3 Å². The van der Waals surface area contributed by atoms with E-state index in [0.717, 1.165) is 10.2 Å². The molecule has 0 fully saturated rings. The zero-order valence-corrected chi connectivity index (χ0v) is 15.9. The Morgan fingerprint density at radius 3 is 2.54 bits per heavy atom. The molecule has 7 heteroatoms. The monoisotopic (exact) mass is 427 g/mol. The Morgan fingerprint density at radius 2 is 1.77 bits per heavy atom. The fourth-order valence-corrected chi connectivity index (χ4v) is 2.71. The van der Waals surface area contributed by atoms with Crippen LogP contribution in [-0.4, -0.2) is 16.0 Å². The molecular weight excluding hydrogens is 414 g/mol. The molecule has 3 rings (SSSR count). The van der Waals surface area contributed by atoms with Crippen molar-refractivity contribution < 1.29 is 9.53 Å². The first-order valence-electron chi connectivity index (χ1n) is 7.66. The fourth-order valence-electron chi connectivity index (χ4n) is 2.14. The molecule has 0 atom stereocenters. The number of nitrogens with zero attached hydrogens (tertiary/aromatic N) is 1. The molecule has 1 amide bonds. The Bertz CT molecular complexity index is 935. The Balaban J connectivity index is 1.62. The summed E-state index contributed by atoms with van der Waals surface area (Å²) in [6, 6.07) is 18.4. The summed E-state index contributed by atoms with van der Waals surface area (Å²) in [5, 5.41) is 5.78. The van der Waals surface area contributed by atoms with Crippen LogP contribution in [0.1, 0.15) is 10.4 Å². The quantitative estimate of drug-likeness (QED) is 0.587. The standard InChI is InChI=1S/C19H14BrN3O2S/c20-14-9-13(11-21-12-14)18(24)23-19(26)22-15-5-4-8-17(10-15)25-16-6-2-1-3-7-16/h1-12H,(H2,22,23,24,26). The van der Waals surface area contributed by atoms with Crippen LogP contribution in [0.4, 0.5) is 5.69 Å². The van der Waals surface area contributed by atoms with Gasteiger partial charge in [-0.3, -0.25) is 15.1 Å². The van der Waals surface area contributed by atoms with E-state index in [0.29, 0.717) is 17.0 Å². The van der Waals surface area contributed by atoms with Crippen LogP contribution in [0.15, 0.2) is 77.5 Å². The molecule has 2 aromatic carbocycles. The van der Waals surface area contributed by atoms with E-state index < -0.39 is 0 Å². The molecule has 0 aliphatic carbocycles. The summed E-state index contributed by atoms with van der Waals surface area (Å²) in [6.45, 7) is 0. The summed E-state index contributed by atoms with van der Waals surface area (Å²) in [7, 11) is 0. The number of pyridine rings is 1. The van der Waals surface area contributed by atoms with E-state index in [9.17, 15) is 4.79 Å². The van der Waals surface area contributed by atoms with E-state index in [1.807, 2.05) is 48.5 Å². The van der Waals surface area contributed by atoms with Crippen LogP contribution < -0.4 is 15.4 Å². The summed E-state index contributed by atoms with van der Waals surface area (Å²) < 4.78 is 6.50. The average molecular weight is 428 g/mol. The largest absolute Gasteiger partial charge is 0.457 e. The van der Waals surface area contributed by atoms with Gasteiger partial charge in [-0.1, -0.05) is 24.3 Å². The number of halogens is 1. The molecule has 0 aliphatic rings. The average Bonchev–Trinajstić information content (AvgIpc) is 2.63. The minimum Gasteiger partial charge on any atom is -0.457 e. The number of amides is 1. The van der Waals surface area contributed by atoms with E-state index in [4.69, 9.17) is 17.0 Å². The van der Waals surface area contributed by atoms with E-state index in [1.165, 1.54) is 6.20 Å². The molecule has 2 N–H and O–H groups in total. The van der Waals surface area contributed by atoms with Crippen molar-refractivity contribution >= 4 is 44.9 Å². The normalized spacial score (nSPS) is 10.0. The highest BCUT2D eigenvalue weighted by Gasteiger charge is 2.09. The Labute approximate surface area is 164 Å². The SMILES string of the molecule is O=C(NC(=S)Nc1cccc(Oc2ccccc2)c1)c1cncc(Br)c1. The van der Waals surface area contributed by atoms with Gasteiger partial charge in [0.1, 0.15) is 11.5 Å². The minimum absolute atomic E-state index is 0.187. The number of carbonyl (C=O) groups is 1. The fraction of sp³-hybridized carbons (Fsp3) is 0. The van der Waals surface area contributed by atoms with Crippen molar-refractivity contribution in [2.24, 2.45) is 0 Å². The van der Waals surface area contributed by atoms with Crippen LogP contribution in [0.3, 0.4) is 0 Å². The molecule has 130 valence electrons. The van der Waals surface area contributed by atoms with Gasteiger partial charge in [-0.15, -0.1) is 0 Å². The molecule has 5 nitrogen and oxygen atoms in total. The van der Waals surface area contributed by atoms with Gasteiger partial charge in [0.2, 0.25) is 0 Å². The highest BCUT2D eigenvalue weighted by atomic mass is 79.9. The van der Waals surface area contributed by atoms with E-state index in [-0.39, 0.29) is 11.0 Å². The van der Waals surface area contributed by atoms with Gasteiger partial charge >= 0.3 is 0 Å². The Hall–Kier alpha value is -2.77. The van der Waals surface area contributed by atoms with Crippen LogP contribution in [0.5, 0.6) is 11.5 Å². The minimum atomic E-state index is -0.340. The number of para-hydroxylation sites is 1. The zero-order chi connectivity index (χ0) is 18.4. The second kappa shape index (κ2) is 8.55. The van der Waals surface area contributed by atoms with Crippen LogP contribution >= 0.6 is 28.1 Å². The maximum atomic E-state index is 12.2. The third kappa shape index (κ3) is 5.11. The number of benzene rings is 2. The van der Waals surface area contributed by atoms with E-state index in [2.05, 4.69) is 31.5 Å². The van der Waals surface area contributed by atoms with E-state index >= 15 is 0 Å². The van der Waals surface area contributed by atoms with Crippen molar-refractivity contribution in [1.29, 1.82) is 0 Å². The van der Waals surface area contributed by atoms with Gasteiger partial charge in [0.05, 0.1) is 5.56 Å². The summed E-state index contributed by atoms with van der Waals surface area (Å²) in [5.74, 6) is 1.06. The summed E-state index contributed by atoms with van der Waals surface area (Å²) >= 11 is 8.48. The van der Waals surface area contributed by atoms with Crippen LogP contribution in [0, 0.1) is 0 Å². The van der Waals surface area contributed by atoms with Gasteiger partial charge in [0.15, 0.2) is 5.11 Å². The second-order valence-corrected chi connectivity index (χ2v) is 6.57. The van der Waals surface area contributed by atoms with Crippen LogP contribution in [-0.2, 0) is 0 Å². The smallest absolute Gasteiger partial charge is 0.259 e. The number of rotatable bonds is 4. The van der Waals surface area contributed by atoms with Gasteiger partial charge in [-0.2, -0.15) is 0 Å². The highest BCUT2D eigenvalue weighted by molar-refractivity contribution is 9.10. The molecule has 0 saturated carbocycles. The lowest BCUT2D eigenvalue weighted by molar-refractivity contribution is 0.0977. The molecule has 1 aromatic heterocycles. The summed E-state index contributed by atoms with van der Waals surface area (Å²) in [5.41, 5.74) is 1.11. The molecule has 0 bridgehead atoms. The van der Waals surface area contributed by atoms with Crippen LogP contribution in [0.25, 0.3) is 0 Å². The number of carbonyl (C=O) groups excluding carboxylic acids is 1. The lowest BCUT2D eigenvalue weighted by atomic mass is 10.3. The lowest BCUT2D eigenvalue weighted by Crippen LogP contribution is -2.34. The van der Waals surface area contributed by atoms with Gasteiger partial charge in [-0.05, 0) is 58.5 Å².